The Labute approximate surface area is 119 Å². The van der Waals surface area contributed by atoms with Crippen LogP contribution in [0.1, 0.15) is 5.56 Å². The minimum Gasteiger partial charge on any atom is -0.393 e. The average Bonchev–Trinajstić information content (AvgIpc) is 2.35. The van der Waals surface area contributed by atoms with Gasteiger partial charge in [-0.15, -0.1) is 0 Å². The predicted octanol–water partition coefficient (Wildman–Crippen LogP) is 4.07. The summed E-state index contributed by atoms with van der Waals surface area (Å²) in [6, 6.07) is 3.57. The Morgan fingerprint density at radius 1 is 1.17 bits per heavy atom. The zero-order valence-electron chi connectivity index (χ0n) is 9.34. The molecule has 7 heteroatoms. The van der Waals surface area contributed by atoms with Crippen LogP contribution in [0.15, 0.2) is 18.5 Å². The predicted molar refractivity (Wildman–Crippen MR) is 75.9 cm³/mol. The average molecular weight is 304 g/mol. The normalized spacial score (nSPS) is 10.4. The highest BCUT2D eigenvalue weighted by Crippen LogP contribution is 2.36. The Bertz CT molecular complexity index is 601. The molecule has 0 amide bonds. The molecular formula is C11H9Cl3N4. The standard InChI is InChI=1S/C11H9Cl3N4/c1-5-2-3-6(12)9(7(5)13)18-11-8(15)10(14)16-4-17-11/h2-4H,15H2,1H3,(H,16,17,18). The van der Waals surface area contributed by atoms with Crippen molar-refractivity contribution in [3.63, 3.8) is 0 Å². The van der Waals surface area contributed by atoms with Crippen molar-refractivity contribution < 1.29 is 0 Å². The van der Waals surface area contributed by atoms with Gasteiger partial charge >= 0.3 is 0 Å². The Morgan fingerprint density at radius 2 is 1.89 bits per heavy atom. The molecule has 1 aromatic carbocycles. The largest absolute Gasteiger partial charge is 0.393 e. The van der Waals surface area contributed by atoms with E-state index in [1.807, 2.05) is 13.0 Å². The van der Waals surface area contributed by atoms with Crippen molar-refractivity contribution >= 4 is 52.0 Å². The van der Waals surface area contributed by atoms with E-state index in [2.05, 4.69) is 15.3 Å². The van der Waals surface area contributed by atoms with Crippen LogP contribution in [0.5, 0.6) is 0 Å². The minimum absolute atomic E-state index is 0.174. The summed E-state index contributed by atoms with van der Waals surface area (Å²) in [5, 5.41) is 4.12. The van der Waals surface area contributed by atoms with Gasteiger partial charge in [0.25, 0.3) is 0 Å². The first-order valence-electron chi connectivity index (χ1n) is 4.98. The van der Waals surface area contributed by atoms with Crippen LogP contribution in [0.3, 0.4) is 0 Å². The number of nitrogen functional groups attached to an aromatic ring is 1. The molecule has 1 aromatic heterocycles. The number of anilines is 3. The molecule has 1 heterocycles. The van der Waals surface area contributed by atoms with Crippen LogP contribution in [0, 0.1) is 6.92 Å². The number of halogens is 3. The number of nitrogens with one attached hydrogen (secondary N) is 1. The van der Waals surface area contributed by atoms with Gasteiger partial charge in [-0.3, -0.25) is 0 Å². The Morgan fingerprint density at radius 3 is 2.61 bits per heavy atom. The number of nitrogens with two attached hydrogens (primary N) is 1. The van der Waals surface area contributed by atoms with Gasteiger partial charge in [-0.05, 0) is 18.6 Å². The van der Waals surface area contributed by atoms with Gasteiger partial charge in [-0.2, -0.15) is 0 Å². The third-order valence-corrected chi connectivity index (χ3v) is 3.47. The minimum atomic E-state index is 0.174. The van der Waals surface area contributed by atoms with Gasteiger partial charge in [-0.25, -0.2) is 9.97 Å². The second-order valence-corrected chi connectivity index (χ2v) is 4.75. The summed E-state index contributed by atoms with van der Waals surface area (Å²) in [7, 11) is 0. The summed E-state index contributed by atoms with van der Waals surface area (Å²) in [4.78, 5) is 7.76. The summed E-state index contributed by atoms with van der Waals surface area (Å²) in [5.41, 5.74) is 7.44. The van der Waals surface area contributed by atoms with Crippen LogP contribution in [0.25, 0.3) is 0 Å². The van der Waals surface area contributed by atoms with Gasteiger partial charge in [-0.1, -0.05) is 40.9 Å². The van der Waals surface area contributed by atoms with Crippen molar-refractivity contribution in [2.75, 3.05) is 11.1 Å². The zero-order valence-corrected chi connectivity index (χ0v) is 11.6. The van der Waals surface area contributed by atoms with Gasteiger partial charge in [0.15, 0.2) is 11.0 Å². The van der Waals surface area contributed by atoms with Crippen LogP contribution < -0.4 is 11.1 Å². The molecule has 0 fully saturated rings. The molecule has 4 nitrogen and oxygen atoms in total. The fourth-order valence-corrected chi connectivity index (χ4v) is 1.96. The molecule has 0 saturated carbocycles. The van der Waals surface area contributed by atoms with Crippen molar-refractivity contribution in [3.05, 3.63) is 39.2 Å². The summed E-state index contributed by atoms with van der Waals surface area (Å²) in [6.07, 6.45) is 1.30. The lowest BCUT2D eigenvalue weighted by molar-refractivity contribution is 1.17. The van der Waals surface area contributed by atoms with E-state index in [1.54, 1.807) is 6.07 Å². The summed E-state index contributed by atoms with van der Waals surface area (Å²) in [6.45, 7) is 1.88. The molecular weight excluding hydrogens is 295 g/mol. The molecule has 94 valence electrons. The molecule has 0 spiro atoms. The first kappa shape index (κ1) is 13.2. The Hall–Kier alpha value is -1.23. The van der Waals surface area contributed by atoms with E-state index < -0.39 is 0 Å². The Kier molecular flexibility index (Phi) is 3.80. The molecule has 0 unspecified atom stereocenters. The topological polar surface area (TPSA) is 63.8 Å². The van der Waals surface area contributed by atoms with Crippen LogP contribution >= 0.6 is 34.8 Å². The van der Waals surface area contributed by atoms with Crippen LogP contribution in [0.4, 0.5) is 17.2 Å². The summed E-state index contributed by atoms with van der Waals surface area (Å²) >= 11 is 18.1. The molecule has 3 N–H and O–H groups in total. The molecule has 0 aliphatic rings. The number of aryl methyl sites for hydroxylation is 1. The fourth-order valence-electron chi connectivity index (χ4n) is 1.36. The number of nitrogens with zero attached hydrogens (tertiary/aromatic N) is 2. The van der Waals surface area contributed by atoms with E-state index in [9.17, 15) is 0 Å². The molecule has 0 aliphatic heterocycles. The van der Waals surface area contributed by atoms with Gasteiger partial charge in [0.2, 0.25) is 0 Å². The maximum atomic E-state index is 6.18. The zero-order chi connectivity index (χ0) is 13.3. The van der Waals surface area contributed by atoms with E-state index in [1.165, 1.54) is 6.33 Å². The van der Waals surface area contributed by atoms with E-state index in [-0.39, 0.29) is 10.8 Å². The SMILES string of the molecule is Cc1ccc(Cl)c(Nc2ncnc(Cl)c2N)c1Cl. The quantitative estimate of drug-likeness (QED) is 0.821. The molecule has 0 atom stereocenters. The van der Waals surface area contributed by atoms with Gasteiger partial charge in [0, 0.05) is 0 Å². The smallest absolute Gasteiger partial charge is 0.158 e. The van der Waals surface area contributed by atoms with Crippen molar-refractivity contribution in [2.45, 2.75) is 6.92 Å². The number of benzene rings is 1. The van der Waals surface area contributed by atoms with Crippen molar-refractivity contribution in [1.82, 2.24) is 9.97 Å². The molecule has 2 rings (SSSR count). The van der Waals surface area contributed by atoms with Gasteiger partial charge in [0.1, 0.15) is 12.0 Å². The number of aromatic nitrogens is 2. The second-order valence-electron chi connectivity index (χ2n) is 3.61. The van der Waals surface area contributed by atoms with E-state index in [4.69, 9.17) is 40.5 Å². The lowest BCUT2D eigenvalue weighted by atomic mass is 10.2. The van der Waals surface area contributed by atoms with Gasteiger partial charge < -0.3 is 11.1 Å². The maximum Gasteiger partial charge on any atom is 0.158 e. The first-order chi connectivity index (χ1) is 8.50. The number of hydrogen-bond donors (Lipinski definition) is 2. The van der Waals surface area contributed by atoms with Crippen molar-refractivity contribution in [3.8, 4) is 0 Å². The lowest BCUT2D eigenvalue weighted by Crippen LogP contribution is -2.02. The molecule has 0 bridgehead atoms. The number of hydrogen-bond acceptors (Lipinski definition) is 4. The lowest BCUT2D eigenvalue weighted by Gasteiger charge is -2.13. The summed E-state index contributed by atoms with van der Waals surface area (Å²) in [5.74, 6) is 0.365. The fraction of sp³-hybridized carbons (Fsp3) is 0.0909. The van der Waals surface area contributed by atoms with Gasteiger partial charge in [0.05, 0.1) is 15.7 Å². The second kappa shape index (κ2) is 5.18. The van der Waals surface area contributed by atoms with E-state index >= 15 is 0 Å². The third-order valence-electron chi connectivity index (χ3n) is 2.36. The monoisotopic (exact) mass is 302 g/mol. The molecule has 18 heavy (non-hydrogen) atoms. The molecule has 2 aromatic rings. The Balaban J connectivity index is 2.46. The van der Waals surface area contributed by atoms with Crippen LogP contribution in [-0.2, 0) is 0 Å². The highest BCUT2D eigenvalue weighted by atomic mass is 35.5. The first-order valence-corrected chi connectivity index (χ1v) is 6.11. The maximum absolute atomic E-state index is 6.18. The highest BCUT2D eigenvalue weighted by Gasteiger charge is 2.12. The number of rotatable bonds is 2. The third kappa shape index (κ3) is 2.46. The molecule has 0 saturated heterocycles. The molecule has 0 aliphatic carbocycles. The highest BCUT2D eigenvalue weighted by molar-refractivity contribution is 6.39. The summed E-state index contributed by atoms with van der Waals surface area (Å²) < 4.78 is 0. The molecule has 0 radical (unpaired) electrons. The van der Waals surface area contributed by atoms with Crippen molar-refractivity contribution in [1.29, 1.82) is 0 Å². The van der Waals surface area contributed by atoms with Crippen molar-refractivity contribution in [2.24, 2.45) is 0 Å². The van der Waals surface area contributed by atoms with E-state index in [0.717, 1.165) is 5.56 Å². The van der Waals surface area contributed by atoms with Crippen LogP contribution in [0.2, 0.25) is 15.2 Å². The van der Waals surface area contributed by atoms with Crippen LogP contribution in [-0.4, -0.2) is 9.97 Å². The van der Waals surface area contributed by atoms with E-state index in [0.29, 0.717) is 21.6 Å².